The zero-order valence-corrected chi connectivity index (χ0v) is 15.4. The number of hydrogen-bond acceptors (Lipinski definition) is 6. The molecule has 0 aromatic heterocycles. The van der Waals surface area contributed by atoms with Crippen LogP contribution in [-0.2, 0) is 15.9 Å². The lowest BCUT2D eigenvalue weighted by atomic mass is 9.92. The molecule has 27 heavy (non-hydrogen) atoms. The maximum Gasteiger partial charge on any atom is 0.186 e. The molecule has 7 heteroatoms. The van der Waals surface area contributed by atoms with E-state index in [0.717, 1.165) is 11.1 Å². The van der Waals surface area contributed by atoms with Crippen LogP contribution in [0.4, 0.5) is 0 Å². The fraction of sp³-hybridized carbons (Fsp3) is 0.350. The Bertz CT molecular complexity index is 833. The van der Waals surface area contributed by atoms with Crippen LogP contribution in [0.2, 0.25) is 5.02 Å². The predicted octanol–water partition coefficient (Wildman–Crippen LogP) is 1.93. The molecule has 2 aromatic rings. The summed E-state index contributed by atoms with van der Waals surface area (Å²) in [7, 11) is 1.35. The maximum absolute atomic E-state index is 10.3. The van der Waals surface area contributed by atoms with Gasteiger partial charge in [-0.15, -0.1) is 0 Å². The molecule has 3 rings (SSSR count). The van der Waals surface area contributed by atoms with E-state index in [1.54, 1.807) is 30.3 Å². The molecule has 0 bridgehead atoms. The molecule has 3 N–H and O–H groups in total. The third kappa shape index (κ3) is 4.14. The number of rotatable bonds is 4. The second kappa shape index (κ2) is 8.36. The number of halogens is 1. The van der Waals surface area contributed by atoms with Gasteiger partial charge in [0.1, 0.15) is 24.4 Å². The van der Waals surface area contributed by atoms with Crippen LogP contribution in [0, 0.1) is 11.3 Å². The van der Waals surface area contributed by atoms with E-state index in [-0.39, 0.29) is 0 Å². The van der Waals surface area contributed by atoms with E-state index in [1.807, 2.05) is 12.1 Å². The number of nitriles is 1. The molecule has 1 saturated heterocycles. The average Bonchev–Trinajstić information content (AvgIpc) is 2.69. The first-order valence-electron chi connectivity index (χ1n) is 8.44. The molecule has 142 valence electrons. The van der Waals surface area contributed by atoms with E-state index < -0.39 is 30.7 Å². The lowest BCUT2D eigenvalue weighted by molar-refractivity contribution is -0.292. The van der Waals surface area contributed by atoms with Crippen LogP contribution < -0.4 is 0 Å². The Hall–Kier alpha value is -1.98. The van der Waals surface area contributed by atoms with Crippen LogP contribution in [-0.4, -0.2) is 47.0 Å². The molecule has 2 aromatic carbocycles. The van der Waals surface area contributed by atoms with Crippen LogP contribution in [0.1, 0.15) is 28.4 Å². The summed E-state index contributed by atoms with van der Waals surface area (Å²) >= 11 is 6.32. The third-order valence-corrected chi connectivity index (χ3v) is 5.05. The standard InChI is InChI=1S/C20H20ClNO5/c1-26-20-18(25)16(23)17(24)19(27-20)13-6-7-15(21)14(9-13)8-11-2-4-12(10-22)5-3-11/h2-7,9,16-20,23-25H,8H2,1H3/t16-,17+,18+,19+,20+/m1/s1. The molecular formula is C20H20ClNO5. The first kappa shape index (κ1) is 19.8. The zero-order chi connectivity index (χ0) is 19.6. The maximum atomic E-state index is 10.3. The summed E-state index contributed by atoms with van der Waals surface area (Å²) in [5.41, 5.74) is 2.98. The van der Waals surface area contributed by atoms with Crippen molar-refractivity contribution >= 4 is 11.6 Å². The van der Waals surface area contributed by atoms with Crippen molar-refractivity contribution in [2.45, 2.75) is 37.1 Å². The van der Waals surface area contributed by atoms with Crippen LogP contribution in [0.3, 0.4) is 0 Å². The van der Waals surface area contributed by atoms with Gasteiger partial charge in [-0.3, -0.25) is 0 Å². The van der Waals surface area contributed by atoms with Crippen LogP contribution in [0.15, 0.2) is 42.5 Å². The summed E-state index contributed by atoms with van der Waals surface area (Å²) in [4.78, 5) is 0. The molecule has 0 amide bonds. The summed E-state index contributed by atoms with van der Waals surface area (Å²) in [5, 5.41) is 39.8. The van der Waals surface area contributed by atoms with Crippen molar-refractivity contribution in [2.75, 3.05) is 7.11 Å². The highest BCUT2D eigenvalue weighted by Crippen LogP contribution is 2.34. The third-order valence-electron chi connectivity index (χ3n) is 4.68. The largest absolute Gasteiger partial charge is 0.387 e. The fourth-order valence-electron chi connectivity index (χ4n) is 3.14. The molecule has 0 spiro atoms. The van der Waals surface area contributed by atoms with Gasteiger partial charge in [-0.1, -0.05) is 35.9 Å². The zero-order valence-electron chi connectivity index (χ0n) is 14.6. The Balaban J connectivity index is 1.86. The molecule has 0 radical (unpaired) electrons. The lowest BCUT2D eigenvalue weighted by Crippen LogP contribution is -2.54. The summed E-state index contributed by atoms with van der Waals surface area (Å²) in [6.07, 6.45) is -5.44. The van der Waals surface area contributed by atoms with Gasteiger partial charge >= 0.3 is 0 Å². The number of ether oxygens (including phenoxy) is 2. The summed E-state index contributed by atoms with van der Waals surface area (Å²) < 4.78 is 10.7. The lowest BCUT2D eigenvalue weighted by Gasteiger charge is -2.40. The first-order valence-corrected chi connectivity index (χ1v) is 8.82. The molecule has 1 aliphatic heterocycles. The number of aliphatic hydroxyl groups is 3. The Morgan fingerprint density at radius 3 is 2.41 bits per heavy atom. The van der Waals surface area contributed by atoms with E-state index in [9.17, 15) is 15.3 Å². The summed E-state index contributed by atoms with van der Waals surface area (Å²) in [6, 6.07) is 14.5. The summed E-state index contributed by atoms with van der Waals surface area (Å²) in [5.74, 6) is 0. The predicted molar refractivity (Wildman–Crippen MR) is 98.1 cm³/mol. The highest BCUT2D eigenvalue weighted by atomic mass is 35.5. The molecule has 1 aliphatic rings. The van der Waals surface area contributed by atoms with Crippen LogP contribution in [0.5, 0.6) is 0 Å². The van der Waals surface area contributed by atoms with Crippen molar-refractivity contribution in [3.63, 3.8) is 0 Å². The van der Waals surface area contributed by atoms with Gasteiger partial charge in [-0.2, -0.15) is 5.26 Å². The van der Waals surface area contributed by atoms with Gasteiger partial charge < -0.3 is 24.8 Å². The van der Waals surface area contributed by atoms with E-state index in [1.165, 1.54) is 7.11 Å². The fourth-order valence-corrected chi connectivity index (χ4v) is 3.33. The molecule has 1 fully saturated rings. The minimum Gasteiger partial charge on any atom is -0.387 e. The Morgan fingerprint density at radius 2 is 1.78 bits per heavy atom. The summed E-state index contributed by atoms with van der Waals surface area (Å²) in [6.45, 7) is 0. The molecule has 0 saturated carbocycles. The molecule has 1 heterocycles. The van der Waals surface area contributed by atoms with Gasteiger partial charge in [0.2, 0.25) is 0 Å². The van der Waals surface area contributed by atoms with E-state index >= 15 is 0 Å². The highest BCUT2D eigenvalue weighted by Gasteiger charge is 2.44. The molecule has 6 nitrogen and oxygen atoms in total. The van der Waals surface area contributed by atoms with Crippen molar-refractivity contribution in [3.05, 3.63) is 69.7 Å². The van der Waals surface area contributed by atoms with Gasteiger partial charge in [0.25, 0.3) is 0 Å². The van der Waals surface area contributed by atoms with Crippen molar-refractivity contribution in [1.82, 2.24) is 0 Å². The van der Waals surface area contributed by atoms with E-state index in [4.69, 9.17) is 26.3 Å². The van der Waals surface area contributed by atoms with Crippen LogP contribution in [0.25, 0.3) is 0 Å². The minimum absolute atomic E-state index is 0.528. The van der Waals surface area contributed by atoms with Gasteiger partial charge in [-0.25, -0.2) is 0 Å². The van der Waals surface area contributed by atoms with Gasteiger partial charge in [0.05, 0.1) is 11.6 Å². The minimum atomic E-state index is -1.40. The van der Waals surface area contributed by atoms with Crippen molar-refractivity contribution in [2.24, 2.45) is 0 Å². The van der Waals surface area contributed by atoms with Gasteiger partial charge in [-0.05, 0) is 41.3 Å². The second-order valence-corrected chi connectivity index (χ2v) is 6.88. The number of aliphatic hydroxyl groups excluding tert-OH is 3. The average molecular weight is 390 g/mol. The Kier molecular flexibility index (Phi) is 6.12. The van der Waals surface area contributed by atoms with E-state index in [2.05, 4.69) is 6.07 Å². The Morgan fingerprint density at radius 1 is 1.07 bits per heavy atom. The topological polar surface area (TPSA) is 103 Å². The molecule has 5 atom stereocenters. The highest BCUT2D eigenvalue weighted by molar-refractivity contribution is 6.31. The van der Waals surface area contributed by atoms with Crippen LogP contribution >= 0.6 is 11.6 Å². The number of hydrogen-bond donors (Lipinski definition) is 3. The smallest absolute Gasteiger partial charge is 0.186 e. The number of nitrogens with zero attached hydrogens (tertiary/aromatic N) is 1. The molecule has 0 aliphatic carbocycles. The molecule has 0 unspecified atom stereocenters. The normalized spacial score (nSPS) is 27.9. The number of methoxy groups -OCH3 is 1. The van der Waals surface area contributed by atoms with E-state index in [0.29, 0.717) is 22.6 Å². The van der Waals surface area contributed by atoms with Crippen molar-refractivity contribution < 1.29 is 24.8 Å². The molecular weight excluding hydrogens is 370 g/mol. The first-order chi connectivity index (χ1) is 12.9. The quantitative estimate of drug-likeness (QED) is 0.738. The second-order valence-electron chi connectivity index (χ2n) is 6.47. The number of benzene rings is 2. The van der Waals surface area contributed by atoms with Gasteiger partial charge in [0, 0.05) is 12.1 Å². The Labute approximate surface area is 162 Å². The van der Waals surface area contributed by atoms with Crippen molar-refractivity contribution in [1.29, 1.82) is 5.26 Å². The van der Waals surface area contributed by atoms with Crippen molar-refractivity contribution in [3.8, 4) is 6.07 Å². The monoisotopic (exact) mass is 389 g/mol. The van der Waals surface area contributed by atoms with Gasteiger partial charge in [0.15, 0.2) is 6.29 Å². The SMILES string of the molecule is CO[C@H]1O[C@@H](c2ccc(Cl)c(Cc3ccc(C#N)cc3)c2)[C@@H](O)[C@@H](O)[C@@H]1O.